The minimum atomic E-state index is 0.0739. The van der Waals surface area contributed by atoms with E-state index in [9.17, 15) is 4.79 Å². The number of aromatic nitrogens is 2. The second kappa shape index (κ2) is 8.79. The first-order valence-electron chi connectivity index (χ1n) is 11.3. The standard InChI is InChI=1S/C23H35N5OS/c1-23(2,14-27(3)4)13-24-21(29)16-9-11-28(12-10-16)20-19-17-7-5-6-8-18(17)30-22(19)26-15-25-20/h15-16H,5-14H2,1-4H3,(H,24,29). The van der Waals surface area contributed by atoms with Gasteiger partial charge in [-0.15, -0.1) is 11.3 Å². The van der Waals surface area contributed by atoms with Gasteiger partial charge in [0.1, 0.15) is 17.0 Å². The first-order chi connectivity index (χ1) is 14.3. The molecule has 30 heavy (non-hydrogen) atoms. The normalized spacial score (nSPS) is 18.1. The molecule has 4 rings (SSSR count). The Balaban J connectivity index is 1.39. The van der Waals surface area contributed by atoms with Crippen LogP contribution < -0.4 is 10.2 Å². The zero-order valence-corrected chi connectivity index (χ0v) is 19.6. The summed E-state index contributed by atoms with van der Waals surface area (Å²) < 4.78 is 0. The van der Waals surface area contributed by atoms with Gasteiger partial charge in [-0.3, -0.25) is 4.79 Å². The third-order valence-corrected chi connectivity index (χ3v) is 7.58. The van der Waals surface area contributed by atoms with Crippen LogP contribution in [0.25, 0.3) is 10.2 Å². The highest BCUT2D eigenvalue weighted by Gasteiger charge is 2.29. The molecule has 0 atom stereocenters. The summed E-state index contributed by atoms with van der Waals surface area (Å²) in [5, 5.41) is 4.49. The van der Waals surface area contributed by atoms with Gasteiger partial charge in [-0.05, 0) is 63.6 Å². The van der Waals surface area contributed by atoms with Crippen LogP contribution in [-0.4, -0.2) is 61.0 Å². The van der Waals surface area contributed by atoms with Crippen molar-refractivity contribution in [3.8, 4) is 0 Å². The fraction of sp³-hybridized carbons (Fsp3) is 0.696. The van der Waals surface area contributed by atoms with Crippen LogP contribution in [0.2, 0.25) is 0 Å². The highest BCUT2D eigenvalue weighted by atomic mass is 32.1. The molecule has 0 bridgehead atoms. The minimum Gasteiger partial charge on any atom is -0.356 e. The second-order valence-electron chi connectivity index (χ2n) is 9.97. The maximum absolute atomic E-state index is 12.8. The molecular formula is C23H35N5OS. The molecule has 6 nitrogen and oxygen atoms in total. The third kappa shape index (κ3) is 4.62. The number of fused-ring (bicyclic) bond motifs is 3. The van der Waals surface area contributed by atoms with Crippen LogP contribution in [0.1, 0.15) is 50.0 Å². The molecule has 1 aliphatic carbocycles. The molecule has 2 aliphatic rings. The van der Waals surface area contributed by atoms with Crippen LogP contribution in [0, 0.1) is 11.3 Å². The first-order valence-corrected chi connectivity index (χ1v) is 12.1. The van der Waals surface area contributed by atoms with E-state index < -0.39 is 0 Å². The van der Waals surface area contributed by atoms with Crippen LogP contribution in [-0.2, 0) is 17.6 Å². The predicted octanol–water partition coefficient (Wildman–Crippen LogP) is 3.49. The Morgan fingerprint density at radius 1 is 1.23 bits per heavy atom. The Morgan fingerprint density at radius 3 is 2.70 bits per heavy atom. The number of amides is 1. The largest absolute Gasteiger partial charge is 0.356 e. The summed E-state index contributed by atoms with van der Waals surface area (Å²) in [6.07, 6.45) is 8.37. The van der Waals surface area contributed by atoms with E-state index in [4.69, 9.17) is 4.98 Å². The molecule has 1 amide bonds. The fourth-order valence-corrected chi connectivity index (χ4v) is 6.27. The summed E-state index contributed by atoms with van der Waals surface area (Å²) in [5.74, 6) is 1.40. The van der Waals surface area contributed by atoms with Crippen molar-refractivity contribution in [1.82, 2.24) is 20.2 Å². The lowest BCUT2D eigenvalue weighted by atomic mass is 9.91. The molecule has 2 aromatic rings. The number of piperidine rings is 1. The van der Waals surface area contributed by atoms with E-state index in [0.29, 0.717) is 0 Å². The van der Waals surface area contributed by atoms with Gasteiger partial charge in [0.2, 0.25) is 5.91 Å². The van der Waals surface area contributed by atoms with E-state index >= 15 is 0 Å². The lowest BCUT2D eigenvalue weighted by molar-refractivity contribution is -0.126. The lowest BCUT2D eigenvalue weighted by Gasteiger charge is -2.34. The summed E-state index contributed by atoms with van der Waals surface area (Å²) in [6, 6.07) is 0. The Hall–Kier alpha value is -1.73. The van der Waals surface area contributed by atoms with Gasteiger partial charge in [-0.2, -0.15) is 0 Å². The zero-order valence-electron chi connectivity index (χ0n) is 18.8. The molecule has 164 valence electrons. The van der Waals surface area contributed by atoms with E-state index in [1.54, 1.807) is 6.33 Å². The molecule has 1 fully saturated rings. The van der Waals surface area contributed by atoms with Gasteiger partial charge >= 0.3 is 0 Å². The molecule has 0 spiro atoms. The minimum absolute atomic E-state index is 0.0739. The molecule has 0 unspecified atom stereocenters. The van der Waals surface area contributed by atoms with Crippen LogP contribution in [0.3, 0.4) is 0 Å². The Kier molecular flexibility index (Phi) is 6.30. The summed E-state index contributed by atoms with van der Waals surface area (Å²) >= 11 is 1.85. The van der Waals surface area contributed by atoms with Gasteiger partial charge in [0.25, 0.3) is 0 Å². The smallest absolute Gasteiger partial charge is 0.223 e. The fourth-order valence-electron chi connectivity index (χ4n) is 5.05. The maximum Gasteiger partial charge on any atom is 0.223 e. The first kappa shape index (κ1) is 21.5. The molecule has 7 heteroatoms. The van der Waals surface area contributed by atoms with E-state index in [1.165, 1.54) is 35.1 Å². The van der Waals surface area contributed by atoms with Gasteiger partial charge in [-0.25, -0.2) is 9.97 Å². The molecule has 1 aliphatic heterocycles. The predicted molar refractivity (Wildman–Crippen MR) is 124 cm³/mol. The van der Waals surface area contributed by atoms with Crippen LogP contribution in [0.5, 0.6) is 0 Å². The average Bonchev–Trinajstić information content (AvgIpc) is 3.10. The van der Waals surface area contributed by atoms with Crippen LogP contribution >= 0.6 is 11.3 Å². The summed E-state index contributed by atoms with van der Waals surface area (Å²) in [6.45, 7) is 7.86. The Morgan fingerprint density at radius 2 is 1.97 bits per heavy atom. The molecule has 1 saturated heterocycles. The van der Waals surface area contributed by atoms with Gasteiger partial charge < -0.3 is 15.1 Å². The number of carbonyl (C=O) groups is 1. The van der Waals surface area contributed by atoms with Crippen molar-refractivity contribution < 1.29 is 4.79 Å². The highest BCUT2D eigenvalue weighted by molar-refractivity contribution is 7.19. The van der Waals surface area contributed by atoms with Gasteiger partial charge in [0.15, 0.2) is 0 Å². The molecule has 3 heterocycles. The number of nitrogens with one attached hydrogen (secondary N) is 1. The molecule has 0 aromatic carbocycles. The van der Waals surface area contributed by atoms with Crippen LogP contribution in [0.4, 0.5) is 5.82 Å². The molecule has 0 radical (unpaired) electrons. The second-order valence-corrected chi connectivity index (χ2v) is 11.1. The van der Waals surface area contributed by atoms with Crippen molar-refractivity contribution in [3.63, 3.8) is 0 Å². The van der Waals surface area contributed by atoms with Crippen molar-refractivity contribution in [2.24, 2.45) is 11.3 Å². The number of anilines is 1. The number of hydrogen-bond acceptors (Lipinski definition) is 6. The van der Waals surface area contributed by atoms with E-state index in [0.717, 1.165) is 56.1 Å². The topological polar surface area (TPSA) is 61.4 Å². The zero-order chi connectivity index (χ0) is 21.3. The summed E-state index contributed by atoms with van der Waals surface area (Å²) in [5.41, 5.74) is 1.56. The summed E-state index contributed by atoms with van der Waals surface area (Å²) in [7, 11) is 4.15. The number of hydrogen-bond donors (Lipinski definition) is 1. The lowest BCUT2D eigenvalue weighted by Crippen LogP contribution is -2.45. The summed E-state index contributed by atoms with van der Waals surface area (Å²) in [4.78, 5) is 29.2. The van der Waals surface area contributed by atoms with Gasteiger partial charge in [0, 0.05) is 37.0 Å². The van der Waals surface area contributed by atoms with Crippen molar-refractivity contribution in [3.05, 3.63) is 16.8 Å². The van der Waals surface area contributed by atoms with E-state index in [2.05, 4.69) is 48.0 Å². The average molecular weight is 430 g/mol. The van der Waals surface area contributed by atoms with Crippen molar-refractivity contribution in [2.45, 2.75) is 52.4 Å². The maximum atomic E-state index is 12.8. The molecule has 2 aromatic heterocycles. The Bertz CT molecular complexity index is 898. The number of aryl methyl sites for hydroxylation is 2. The van der Waals surface area contributed by atoms with Gasteiger partial charge in [0.05, 0.1) is 5.39 Å². The van der Waals surface area contributed by atoms with Crippen molar-refractivity contribution >= 4 is 33.3 Å². The monoisotopic (exact) mass is 429 g/mol. The van der Waals surface area contributed by atoms with Crippen LogP contribution in [0.15, 0.2) is 6.33 Å². The van der Waals surface area contributed by atoms with E-state index in [-0.39, 0.29) is 17.2 Å². The number of nitrogens with zero attached hydrogens (tertiary/aromatic N) is 4. The molecular weight excluding hydrogens is 394 g/mol. The molecule has 1 N–H and O–H groups in total. The Labute approximate surface area is 184 Å². The van der Waals surface area contributed by atoms with Crippen molar-refractivity contribution in [1.29, 1.82) is 0 Å². The quantitative estimate of drug-likeness (QED) is 0.762. The van der Waals surface area contributed by atoms with E-state index in [1.807, 2.05) is 11.3 Å². The number of thiophene rings is 1. The number of rotatable bonds is 6. The number of carbonyl (C=O) groups excluding carboxylic acids is 1. The third-order valence-electron chi connectivity index (χ3n) is 6.38. The van der Waals surface area contributed by atoms with Gasteiger partial charge in [-0.1, -0.05) is 13.8 Å². The van der Waals surface area contributed by atoms with Crippen molar-refractivity contribution in [2.75, 3.05) is 45.2 Å². The SMILES string of the molecule is CN(C)CC(C)(C)CNC(=O)C1CCN(c2ncnc3sc4c(c23)CCCC4)CC1. The molecule has 0 saturated carbocycles. The highest BCUT2D eigenvalue weighted by Crippen LogP contribution is 2.40.